The van der Waals surface area contributed by atoms with E-state index in [0.717, 1.165) is 42.8 Å². The molecule has 2 N–H and O–H groups in total. The number of hydrogen-bond donors (Lipinski definition) is 2. The minimum Gasteiger partial charge on any atom is -0.465 e. The number of esters is 1. The molecule has 91 heavy (non-hydrogen) atoms. The zero-order valence-electron chi connectivity index (χ0n) is 50.5. The van der Waals surface area contributed by atoms with Crippen LogP contribution in [0.25, 0.3) is 21.5 Å². The zero-order valence-corrected chi connectivity index (χ0v) is 52.1. The van der Waals surface area contributed by atoms with Crippen LogP contribution in [0, 0.1) is 40.2 Å². The number of hydrogen-bond acceptors (Lipinski definition) is 17. The lowest BCUT2D eigenvalue weighted by Gasteiger charge is -2.35. The quantitative estimate of drug-likeness (QED) is 0.0531. The summed E-state index contributed by atoms with van der Waals surface area (Å²) in [5.41, 5.74) is 2.37. The molecular formula is C67H68F2N12O8S2. The normalized spacial score (nSPS) is 14.7. The van der Waals surface area contributed by atoms with Gasteiger partial charge in [-0.2, -0.15) is 20.7 Å². The maximum atomic E-state index is 15.0. The largest absolute Gasteiger partial charge is 0.465 e. The molecule has 3 aliphatic rings. The van der Waals surface area contributed by atoms with Gasteiger partial charge in [0.05, 0.1) is 67.6 Å². The summed E-state index contributed by atoms with van der Waals surface area (Å²) in [7, 11) is -3.52. The van der Waals surface area contributed by atoms with Crippen LogP contribution < -0.4 is 20.9 Å². The van der Waals surface area contributed by atoms with Crippen molar-refractivity contribution in [1.82, 2.24) is 40.2 Å². The van der Waals surface area contributed by atoms with Gasteiger partial charge in [-0.25, -0.2) is 37.4 Å². The molecule has 0 radical (unpaired) electrons. The molecule has 0 bridgehead atoms. The van der Waals surface area contributed by atoms with Crippen molar-refractivity contribution in [3.05, 3.63) is 187 Å². The number of nitrogens with one attached hydrogen (secondary N) is 2. The van der Waals surface area contributed by atoms with Gasteiger partial charge in [0.2, 0.25) is 0 Å². The van der Waals surface area contributed by atoms with Crippen LogP contribution in [0.15, 0.2) is 129 Å². The third-order valence-electron chi connectivity index (χ3n) is 16.9. The van der Waals surface area contributed by atoms with Crippen LogP contribution in [0.5, 0.6) is 0 Å². The Hall–Kier alpha value is -9.39. The number of piperazine rings is 2. The molecule has 2 aliphatic heterocycles. The number of nitriles is 2. The number of pyridine rings is 2. The Morgan fingerprint density at radius 1 is 0.670 bits per heavy atom. The van der Waals surface area contributed by atoms with Gasteiger partial charge < -0.3 is 24.3 Å². The Kier molecular flexibility index (Phi) is 20.9. The molecule has 4 aromatic carbocycles. The number of thioether (sulfide) groups is 1. The van der Waals surface area contributed by atoms with Gasteiger partial charge in [-0.3, -0.25) is 24.0 Å². The molecule has 4 aromatic heterocycles. The van der Waals surface area contributed by atoms with E-state index in [4.69, 9.17) is 15.3 Å². The summed E-state index contributed by atoms with van der Waals surface area (Å²) in [5, 5.41) is 32.9. The molecule has 2 amide bonds. The van der Waals surface area contributed by atoms with Crippen molar-refractivity contribution in [2.24, 2.45) is 5.92 Å². The van der Waals surface area contributed by atoms with Gasteiger partial charge in [-0.1, -0.05) is 51.7 Å². The van der Waals surface area contributed by atoms with Gasteiger partial charge in [-0.15, -0.1) is 11.8 Å². The van der Waals surface area contributed by atoms with Crippen molar-refractivity contribution in [2.45, 2.75) is 93.1 Å². The highest BCUT2D eigenvalue weighted by molar-refractivity contribution is 7.99. The number of sulfone groups is 1. The predicted molar refractivity (Wildman–Crippen MR) is 342 cm³/mol. The van der Waals surface area contributed by atoms with Crippen LogP contribution in [0.2, 0.25) is 0 Å². The number of ether oxygens (including phenoxy) is 1. The first-order valence-corrected chi connectivity index (χ1v) is 33.0. The molecule has 1 atom stereocenters. The van der Waals surface area contributed by atoms with E-state index >= 15 is 4.39 Å². The van der Waals surface area contributed by atoms with Crippen molar-refractivity contribution in [1.29, 1.82) is 10.5 Å². The number of nitrogens with zero attached hydrogens (tertiary/aromatic N) is 10. The summed E-state index contributed by atoms with van der Waals surface area (Å²) in [5.74, 6) is 0.0646. The number of H-pyrrole nitrogens is 2. The van der Waals surface area contributed by atoms with Crippen molar-refractivity contribution in [3.63, 3.8) is 0 Å². The van der Waals surface area contributed by atoms with Gasteiger partial charge in [0.15, 0.2) is 9.84 Å². The summed E-state index contributed by atoms with van der Waals surface area (Å²) >= 11 is 1.50. The molecule has 1 unspecified atom stereocenters. The number of unbranched alkanes of at least 4 members (excludes halogenated alkanes) is 1. The van der Waals surface area contributed by atoms with E-state index in [9.17, 15) is 36.8 Å². The van der Waals surface area contributed by atoms with Gasteiger partial charge in [0.1, 0.15) is 35.4 Å². The molecule has 3 fully saturated rings. The highest BCUT2D eigenvalue weighted by Gasteiger charge is 2.33. The SMILES string of the molecule is CCCCC(CC)COC(=O)CCSc1ccc2c(=O)[nH]nc(Cc3ccc(F)c(C(=O)N4CCN(c5ccc(C#N)cn5)CC4)c3)c2c1.N#Cc1ccc(N2CCN(C(=O)c3cc(Cc4n[nH]c(=O)c5ccc(S(=O)(=O)C6CCC6)cc45)ccc3F)CC2)nc1. The van der Waals surface area contributed by atoms with E-state index in [1.54, 1.807) is 58.3 Å². The molecular weight excluding hydrogens is 1200 g/mol. The summed E-state index contributed by atoms with van der Waals surface area (Å²) in [6.07, 6.45) is 10.1. The first-order valence-electron chi connectivity index (χ1n) is 30.5. The molecule has 20 nitrogen and oxygen atoms in total. The van der Waals surface area contributed by atoms with E-state index in [-0.39, 0.29) is 46.8 Å². The van der Waals surface area contributed by atoms with E-state index in [0.29, 0.717) is 144 Å². The van der Waals surface area contributed by atoms with Crippen LogP contribution in [0.4, 0.5) is 20.4 Å². The standard InChI is InChI=1S/C37H41FN6O4S.C30H27FN6O4S/c1-3-5-6-25(4-2)24-48-35(45)13-18-49-28-9-10-29-30(21-28)33(41-42-36(29)46)20-26-7-11-32(38)31(19-26)37(47)44-16-14-43(15-17-44)34-12-8-27(22-39)23-40-34;31-26-8-4-19(14-25(26)30(39)37-12-10-36(11-13-37)28-9-5-20(17-32)18-33-28)15-27-24-16-22(42(40,41)21-2-1-3-21)6-7-23(24)29(38)35-34-27/h7-12,19,21,23,25H,3-6,13-18,20,24H2,1-2H3,(H,42,46);4-9,14,16,18,21H,1-3,10-13,15H2,(H,35,38). The van der Waals surface area contributed by atoms with E-state index in [2.05, 4.69) is 50.3 Å². The lowest BCUT2D eigenvalue weighted by atomic mass is 10.00. The first kappa shape index (κ1) is 64.6. The van der Waals surface area contributed by atoms with Crippen LogP contribution in [0.1, 0.15) is 120 Å². The topological polar surface area (TPSA) is 272 Å². The highest BCUT2D eigenvalue weighted by Crippen LogP contribution is 2.33. The van der Waals surface area contributed by atoms with Crippen LogP contribution in [0.3, 0.4) is 0 Å². The lowest BCUT2D eigenvalue weighted by Crippen LogP contribution is -2.49. The number of carbonyl (C=O) groups is 3. The first-order chi connectivity index (χ1) is 44.0. The molecule has 1 aliphatic carbocycles. The molecule has 6 heterocycles. The maximum absolute atomic E-state index is 15.0. The van der Waals surface area contributed by atoms with E-state index in [1.807, 2.05) is 28.0 Å². The van der Waals surface area contributed by atoms with Crippen LogP contribution >= 0.6 is 11.8 Å². The Labute approximate surface area is 529 Å². The fourth-order valence-electron chi connectivity index (χ4n) is 11.2. The van der Waals surface area contributed by atoms with Crippen molar-refractivity contribution < 1.29 is 36.3 Å². The fourth-order valence-corrected chi connectivity index (χ4v) is 14.0. The summed E-state index contributed by atoms with van der Waals surface area (Å²) < 4.78 is 61.5. The lowest BCUT2D eigenvalue weighted by molar-refractivity contribution is -0.144. The minimum absolute atomic E-state index is 0.0186. The Balaban J connectivity index is 0.000000202. The molecule has 11 rings (SSSR count). The van der Waals surface area contributed by atoms with Gasteiger partial charge >= 0.3 is 5.97 Å². The number of amides is 2. The fraction of sp³-hybridized carbons (Fsp3) is 0.358. The Bertz CT molecular complexity index is 4310. The van der Waals surface area contributed by atoms with E-state index < -0.39 is 44.1 Å². The Morgan fingerprint density at radius 2 is 1.19 bits per heavy atom. The van der Waals surface area contributed by atoms with Crippen molar-refractivity contribution in [3.8, 4) is 12.1 Å². The molecule has 0 spiro atoms. The third kappa shape index (κ3) is 15.4. The number of aromatic nitrogens is 6. The van der Waals surface area contributed by atoms with Crippen molar-refractivity contribution in [2.75, 3.05) is 74.5 Å². The monoisotopic (exact) mass is 1270 g/mol. The summed E-state index contributed by atoms with van der Waals surface area (Å²) in [6, 6.07) is 29.7. The predicted octanol–water partition coefficient (Wildman–Crippen LogP) is 9.33. The molecule has 470 valence electrons. The number of halogens is 2. The second kappa shape index (κ2) is 29.5. The molecule has 8 aromatic rings. The van der Waals surface area contributed by atoms with E-state index in [1.165, 1.54) is 60.6 Å². The molecule has 1 saturated carbocycles. The third-order valence-corrected chi connectivity index (χ3v) is 20.2. The van der Waals surface area contributed by atoms with Crippen LogP contribution in [-0.2, 0) is 32.2 Å². The number of carbonyl (C=O) groups excluding carboxylic acids is 3. The zero-order chi connectivity index (χ0) is 64.2. The smallest absolute Gasteiger partial charge is 0.306 e. The highest BCUT2D eigenvalue weighted by atomic mass is 32.2. The number of fused-ring (bicyclic) bond motifs is 2. The molecule has 2 saturated heterocycles. The number of rotatable bonds is 20. The van der Waals surface area contributed by atoms with Gasteiger partial charge in [-0.05, 0) is 121 Å². The number of aromatic amines is 2. The second-order valence-corrected chi connectivity index (χ2v) is 26.2. The second-order valence-electron chi connectivity index (χ2n) is 22.8. The average molecular weight is 1270 g/mol. The minimum atomic E-state index is -3.52. The average Bonchev–Trinajstić information content (AvgIpc) is 1.02. The number of anilines is 2. The summed E-state index contributed by atoms with van der Waals surface area (Å²) in [6.45, 7) is 8.33. The maximum Gasteiger partial charge on any atom is 0.306 e. The van der Waals surface area contributed by atoms with Crippen molar-refractivity contribution >= 4 is 72.6 Å². The number of benzene rings is 4. The summed E-state index contributed by atoms with van der Waals surface area (Å²) in [4.78, 5) is 81.2. The molecule has 24 heteroatoms. The van der Waals surface area contributed by atoms with Crippen LogP contribution in [-0.4, -0.2) is 136 Å². The van der Waals surface area contributed by atoms with Gasteiger partial charge in [0.25, 0.3) is 22.9 Å². The van der Waals surface area contributed by atoms with Gasteiger partial charge in [0, 0.05) is 99.0 Å². The Morgan fingerprint density at radius 3 is 1.65 bits per heavy atom.